The van der Waals surface area contributed by atoms with Gasteiger partial charge in [0.05, 0.1) is 13.1 Å². The van der Waals surface area contributed by atoms with Gasteiger partial charge in [0.15, 0.2) is 0 Å². The smallest absolute Gasteiger partial charge is 0.407 e. The summed E-state index contributed by atoms with van der Waals surface area (Å²) in [7, 11) is 1.35. The molecule has 0 radical (unpaired) electrons. The number of nitrogens with zero attached hydrogens (tertiary/aromatic N) is 2. The molecule has 2 N–H and O–H groups in total. The zero-order valence-electron chi connectivity index (χ0n) is 6.60. The SMILES string of the molecule is CON=C1CN(C(=O)O)C[C@@H]1O. The average molecular weight is 174 g/mol. The summed E-state index contributed by atoms with van der Waals surface area (Å²) in [4.78, 5) is 15.9. The molecule has 1 rings (SSSR count). The predicted octanol–water partition coefficient (Wildman–Crippen LogP) is -0.657. The summed E-state index contributed by atoms with van der Waals surface area (Å²) in [5.41, 5.74) is 0.347. The second-order valence-corrected chi connectivity index (χ2v) is 2.44. The van der Waals surface area contributed by atoms with Gasteiger partial charge in [0.25, 0.3) is 0 Å². The molecule has 68 valence electrons. The van der Waals surface area contributed by atoms with Crippen molar-refractivity contribution >= 4 is 11.8 Å². The van der Waals surface area contributed by atoms with Crippen molar-refractivity contribution in [3.05, 3.63) is 0 Å². The minimum Gasteiger partial charge on any atom is -0.465 e. The Hall–Kier alpha value is -1.30. The van der Waals surface area contributed by atoms with Gasteiger partial charge in [0.2, 0.25) is 0 Å². The number of β-amino-alcohol motifs (C(OH)–C–C–N with tert-alkyl or cyclic N) is 1. The van der Waals surface area contributed by atoms with Crippen LogP contribution >= 0.6 is 0 Å². The Kier molecular flexibility index (Phi) is 2.49. The molecule has 0 aromatic rings. The van der Waals surface area contributed by atoms with Crippen molar-refractivity contribution in [2.75, 3.05) is 20.2 Å². The van der Waals surface area contributed by atoms with E-state index in [1.165, 1.54) is 7.11 Å². The highest BCUT2D eigenvalue weighted by atomic mass is 16.6. The molecule has 0 spiro atoms. The third kappa shape index (κ3) is 1.65. The van der Waals surface area contributed by atoms with Crippen LogP contribution in [0, 0.1) is 0 Å². The molecule has 6 heteroatoms. The first-order chi connectivity index (χ1) is 5.65. The van der Waals surface area contributed by atoms with Gasteiger partial charge in [-0.3, -0.25) is 4.90 Å². The highest BCUT2D eigenvalue weighted by molar-refractivity contribution is 5.94. The van der Waals surface area contributed by atoms with E-state index in [1.54, 1.807) is 0 Å². The standard InChI is InChI=1S/C6H10N2O4/c1-12-7-4-2-8(6(10)11)3-5(4)9/h5,9H,2-3H2,1H3,(H,10,11)/t5-/m0/s1. The number of carbonyl (C=O) groups is 1. The Morgan fingerprint density at radius 2 is 2.50 bits per heavy atom. The molecule has 0 saturated carbocycles. The fraction of sp³-hybridized carbons (Fsp3) is 0.667. The van der Waals surface area contributed by atoms with E-state index >= 15 is 0 Å². The zero-order chi connectivity index (χ0) is 9.14. The molecule has 1 aliphatic heterocycles. The summed E-state index contributed by atoms with van der Waals surface area (Å²) in [6.45, 7) is 0.182. The molecule has 0 bridgehead atoms. The maximum atomic E-state index is 10.4. The number of carboxylic acid groups (broad SMARTS) is 1. The van der Waals surface area contributed by atoms with Gasteiger partial charge < -0.3 is 15.1 Å². The normalized spacial score (nSPS) is 26.3. The lowest BCUT2D eigenvalue weighted by molar-refractivity contribution is 0.142. The Bertz CT molecular complexity index is 216. The van der Waals surface area contributed by atoms with Crippen LogP contribution in [0.1, 0.15) is 0 Å². The van der Waals surface area contributed by atoms with E-state index in [0.717, 1.165) is 4.90 Å². The number of likely N-dealkylation sites (tertiary alicyclic amines) is 1. The van der Waals surface area contributed by atoms with Crippen LogP contribution in [0.5, 0.6) is 0 Å². The van der Waals surface area contributed by atoms with Crippen LogP contribution in [0.25, 0.3) is 0 Å². The van der Waals surface area contributed by atoms with Crippen molar-refractivity contribution in [3.63, 3.8) is 0 Å². The summed E-state index contributed by atoms with van der Waals surface area (Å²) in [5.74, 6) is 0. The maximum absolute atomic E-state index is 10.4. The van der Waals surface area contributed by atoms with Crippen LogP contribution in [0.2, 0.25) is 0 Å². The first kappa shape index (κ1) is 8.79. The van der Waals surface area contributed by atoms with E-state index in [0.29, 0.717) is 5.71 Å². The Balaban J connectivity index is 2.62. The highest BCUT2D eigenvalue weighted by Gasteiger charge is 2.30. The quantitative estimate of drug-likeness (QED) is 0.517. The van der Waals surface area contributed by atoms with Crippen molar-refractivity contribution < 1.29 is 19.8 Å². The van der Waals surface area contributed by atoms with E-state index in [2.05, 4.69) is 9.99 Å². The summed E-state index contributed by atoms with van der Waals surface area (Å²) in [5, 5.41) is 21.3. The van der Waals surface area contributed by atoms with Gasteiger partial charge >= 0.3 is 6.09 Å². The molecule has 1 aliphatic rings. The van der Waals surface area contributed by atoms with Gasteiger partial charge in [-0.05, 0) is 0 Å². The lowest BCUT2D eigenvalue weighted by atomic mass is 10.3. The van der Waals surface area contributed by atoms with Crippen LogP contribution in [0.15, 0.2) is 5.16 Å². The van der Waals surface area contributed by atoms with Crippen molar-refractivity contribution in [3.8, 4) is 0 Å². The molecule has 12 heavy (non-hydrogen) atoms. The molecule has 0 unspecified atom stereocenters. The second kappa shape index (κ2) is 3.40. The monoisotopic (exact) mass is 174 g/mol. The van der Waals surface area contributed by atoms with Crippen LogP contribution < -0.4 is 0 Å². The molecule has 1 amide bonds. The van der Waals surface area contributed by atoms with Crippen molar-refractivity contribution in [2.24, 2.45) is 5.16 Å². The fourth-order valence-corrected chi connectivity index (χ4v) is 1.03. The van der Waals surface area contributed by atoms with E-state index in [-0.39, 0.29) is 13.1 Å². The molecule has 6 nitrogen and oxygen atoms in total. The Morgan fingerprint density at radius 3 is 2.92 bits per heavy atom. The van der Waals surface area contributed by atoms with Crippen LogP contribution in [0.4, 0.5) is 4.79 Å². The molecular weight excluding hydrogens is 164 g/mol. The van der Waals surface area contributed by atoms with Crippen molar-refractivity contribution in [1.29, 1.82) is 0 Å². The van der Waals surface area contributed by atoms with Crippen LogP contribution in [0.3, 0.4) is 0 Å². The summed E-state index contributed by atoms with van der Waals surface area (Å²) in [6.07, 6.45) is -1.89. The number of rotatable bonds is 1. The lowest BCUT2D eigenvalue weighted by Crippen LogP contribution is -2.27. The predicted molar refractivity (Wildman–Crippen MR) is 40.0 cm³/mol. The van der Waals surface area contributed by atoms with Gasteiger partial charge in [0, 0.05) is 0 Å². The molecular formula is C6H10N2O4. The number of aliphatic hydroxyl groups is 1. The number of aliphatic hydroxyl groups excluding tert-OH is 1. The first-order valence-corrected chi connectivity index (χ1v) is 3.41. The van der Waals surface area contributed by atoms with Crippen LogP contribution in [-0.4, -0.2) is 53.2 Å². The number of hydrogen-bond acceptors (Lipinski definition) is 4. The van der Waals surface area contributed by atoms with E-state index in [4.69, 9.17) is 5.11 Å². The maximum Gasteiger partial charge on any atom is 0.407 e. The molecule has 0 aliphatic carbocycles. The number of amides is 1. The van der Waals surface area contributed by atoms with E-state index in [9.17, 15) is 9.90 Å². The number of oxime groups is 1. The Morgan fingerprint density at radius 1 is 1.83 bits per heavy atom. The first-order valence-electron chi connectivity index (χ1n) is 3.41. The summed E-state index contributed by atoms with van der Waals surface area (Å²) in [6, 6.07) is 0. The Labute approximate surface area is 69.0 Å². The van der Waals surface area contributed by atoms with Gasteiger partial charge in [-0.15, -0.1) is 0 Å². The lowest BCUT2D eigenvalue weighted by Gasteiger charge is -2.07. The third-order valence-electron chi connectivity index (χ3n) is 1.61. The van der Waals surface area contributed by atoms with Crippen molar-refractivity contribution in [1.82, 2.24) is 4.90 Å². The minimum atomic E-state index is -1.06. The van der Waals surface area contributed by atoms with Gasteiger partial charge in [0.1, 0.15) is 18.9 Å². The van der Waals surface area contributed by atoms with E-state index in [1.807, 2.05) is 0 Å². The summed E-state index contributed by atoms with van der Waals surface area (Å²) < 4.78 is 0. The topological polar surface area (TPSA) is 82.4 Å². The van der Waals surface area contributed by atoms with Crippen LogP contribution in [-0.2, 0) is 4.84 Å². The largest absolute Gasteiger partial charge is 0.465 e. The highest BCUT2D eigenvalue weighted by Crippen LogP contribution is 2.07. The zero-order valence-corrected chi connectivity index (χ0v) is 6.60. The average Bonchev–Trinajstić information content (AvgIpc) is 2.34. The van der Waals surface area contributed by atoms with Gasteiger partial charge in [-0.1, -0.05) is 5.16 Å². The molecule has 1 saturated heterocycles. The molecule has 0 aromatic heterocycles. The van der Waals surface area contributed by atoms with E-state index < -0.39 is 12.2 Å². The molecule has 0 aromatic carbocycles. The molecule has 1 heterocycles. The second-order valence-electron chi connectivity index (χ2n) is 2.44. The molecule has 1 atom stereocenters. The number of hydrogen-bond donors (Lipinski definition) is 2. The third-order valence-corrected chi connectivity index (χ3v) is 1.61. The van der Waals surface area contributed by atoms with Gasteiger partial charge in [-0.25, -0.2) is 4.79 Å². The van der Waals surface area contributed by atoms with Gasteiger partial charge in [-0.2, -0.15) is 0 Å². The van der Waals surface area contributed by atoms with Crippen molar-refractivity contribution in [2.45, 2.75) is 6.10 Å². The fourth-order valence-electron chi connectivity index (χ4n) is 1.03. The molecule has 1 fully saturated rings. The minimum absolute atomic E-state index is 0.0670. The summed E-state index contributed by atoms with van der Waals surface area (Å²) >= 11 is 0.